The minimum Gasteiger partial charge on any atom is -0.486 e. The van der Waals surface area contributed by atoms with Crippen molar-refractivity contribution in [2.75, 3.05) is 19.8 Å². The van der Waals surface area contributed by atoms with Gasteiger partial charge >= 0.3 is 5.97 Å². The second kappa shape index (κ2) is 4.86. The Morgan fingerprint density at radius 3 is 2.67 bits per heavy atom. The molecule has 2 rings (SSSR count). The van der Waals surface area contributed by atoms with Crippen LogP contribution in [0.15, 0.2) is 18.2 Å². The summed E-state index contributed by atoms with van der Waals surface area (Å²) in [5.74, 6) is 0.347. The molecule has 18 heavy (non-hydrogen) atoms. The lowest BCUT2D eigenvalue weighted by atomic mass is 9.91. The molecule has 0 aliphatic carbocycles. The number of hydrogen-bond donors (Lipinski definition) is 2. The van der Waals surface area contributed by atoms with Crippen molar-refractivity contribution in [1.29, 1.82) is 0 Å². The normalized spacial score (nSPS) is 17.0. The average molecular weight is 251 g/mol. The lowest BCUT2D eigenvalue weighted by Crippen LogP contribution is -2.46. The SMILES string of the molecule is CCNC(C)(C(=O)O)c1ccc2c(c1)OCCO2. The summed E-state index contributed by atoms with van der Waals surface area (Å²) in [7, 11) is 0. The molecular formula is C13H17NO4. The number of carboxylic acids is 1. The summed E-state index contributed by atoms with van der Waals surface area (Å²) in [6.07, 6.45) is 0. The van der Waals surface area contributed by atoms with Gasteiger partial charge in [-0.2, -0.15) is 0 Å². The summed E-state index contributed by atoms with van der Waals surface area (Å²) in [6.45, 7) is 5.10. The molecule has 0 saturated heterocycles. The Kier molecular flexibility index (Phi) is 3.43. The molecule has 0 fully saturated rings. The van der Waals surface area contributed by atoms with Crippen molar-refractivity contribution in [1.82, 2.24) is 5.32 Å². The van der Waals surface area contributed by atoms with Crippen LogP contribution in [0, 0.1) is 0 Å². The monoisotopic (exact) mass is 251 g/mol. The highest BCUT2D eigenvalue weighted by Gasteiger charge is 2.35. The summed E-state index contributed by atoms with van der Waals surface area (Å²) in [4.78, 5) is 11.4. The summed E-state index contributed by atoms with van der Waals surface area (Å²) in [6, 6.07) is 5.23. The third kappa shape index (κ3) is 2.13. The Balaban J connectivity index is 2.39. The first-order valence-corrected chi connectivity index (χ1v) is 5.96. The number of likely N-dealkylation sites (N-methyl/N-ethyl adjacent to an activating group) is 1. The van der Waals surface area contributed by atoms with Gasteiger partial charge in [-0.25, -0.2) is 4.79 Å². The summed E-state index contributed by atoms with van der Waals surface area (Å²) in [5.41, 5.74) is -0.467. The molecule has 5 heteroatoms. The number of carbonyl (C=O) groups is 1. The van der Waals surface area contributed by atoms with E-state index in [1.165, 1.54) is 0 Å². The zero-order valence-electron chi connectivity index (χ0n) is 10.5. The predicted octanol–water partition coefficient (Wildman–Crippen LogP) is 1.37. The Hall–Kier alpha value is -1.75. The van der Waals surface area contributed by atoms with Gasteiger partial charge in [-0.3, -0.25) is 5.32 Å². The van der Waals surface area contributed by atoms with Crippen molar-refractivity contribution in [2.45, 2.75) is 19.4 Å². The quantitative estimate of drug-likeness (QED) is 0.846. The molecule has 1 atom stereocenters. The van der Waals surface area contributed by atoms with Crippen LogP contribution in [0.4, 0.5) is 0 Å². The van der Waals surface area contributed by atoms with E-state index in [9.17, 15) is 9.90 Å². The molecule has 0 bridgehead atoms. The number of benzene rings is 1. The van der Waals surface area contributed by atoms with Crippen LogP contribution in [-0.4, -0.2) is 30.8 Å². The van der Waals surface area contributed by atoms with E-state index < -0.39 is 11.5 Å². The lowest BCUT2D eigenvalue weighted by Gasteiger charge is -2.28. The van der Waals surface area contributed by atoms with Crippen molar-refractivity contribution in [2.24, 2.45) is 0 Å². The predicted molar refractivity (Wildman–Crippen MR) is 66.1 cm³/mol. The van der Waals surface area contributed by atoms with Gasteiger partial charge in [0, 0.05) is 0 Å². The number of carboxylic acid groups (broad SMARTS) is 1. The van der Waals surface area contributed by atoms with Gasteiger partial charge in [-0.1, -0.05) is 13.0 Å². The lowest BCUT2D eigenvalue weighted by molar-refractivity contribution is -0.144. The second-order valence-corrected chi connectivity index (χ2v) is 4.32. The van der Waals surface area contributed by atoms with Crippen LogP contribution < -0.4 is 14.8 Å². The van der Waals surface area contributed by atoms with Crippen LogP contribution in [-0.2, 0) is 10.3 Å². The standard InChI is InChI=1S/C13H17NO4/c1-3-14-13(2,12(15)16)9-4-5-10-11(8-9)18-7-6-17-10/h4-5,8,14H,3,6-7H2,1-2H3,(H,15,16). The van der Waals surface area contributed by atoms with Gasteiger partial charge in [0.2, 0.25) is 0 Å². The molecule has 0 saturated carbocycles. The first-order valence-electron chi connectivity index (χ1n) is 5.96. The van der Waals surface area contributed by atoms with Crippen LogP contribution in [0.25, 0.3) is 0 Å². The summed E-state index contributed by atoms with van der Waals surface area (Å²) in [5, 5.41) is 12.4. The van der Waals surface area contributed by atoms with E-state index in [0.717, 1.165) is 0 Å². The molecule has 0 aromatic heterocycles. The molecule has 0 amide bonds. The highest BCUT2D eigenvalue weighted by atomic mass is 16.6. The fourth-order valence-electron chi connectivity index (χ4n) is 2.01. The minimum absolute atomic E-state index is 0.488. The van der Waals surface area contributed by atoms with E-state index >= 15 is 0 Å². The van der Waals surface area contributed by atoms with Gasteiger partial charge in [-0.05, 0) is 31.2 Å². The van der Waals surface area contributed by atoms with Gasteiger partial charge in [0.05, 0.1) is 0 Å². The molecule has 1 aliphatic rings. The van der Waals surface area contributed by atoms with E-state index in [4.69, 9.17) is 9.47 Å². The fraction of sp³-hybridized carbons (Fsp3) is 0.462. The molecule has 1 heterocycles. The van der Waals surface area contributed by atoms with Crippen LogP contribution in [0.5, 0.6) is 11.5 Å². The molecule has 5 nitrogen and oxygen atoms in total. The molecule has 0 radical (unpaired) electrons. The van der Waals surface area contributed by atoms with Crippen molar-refractivity contribution in [3.05, 3.63) is 23.8 Å². The number of nitrogens with one attached hydrogen (secondary N) is 1. The topological polar surface area (TPSA) is 67.8 Å². The van der Waals surface area contributed by atoms with Crippen LogP contribution in [0.1, 0.15) is 19.4 Å². The Morgan fingerprint density at radius 2 is 2.06 bits per heavy atom. The average Bonchev–Trinajstić information content (AvgIpc) is 2.38. The third-order valence-corrected chi connectivity index (χ3v) is 3.08. The van der Waals surface area contributed by atoms with Crippen LogP contribution in [0.2, 0.25) is 0 Å². The molecular weight excluding hydrogens is 234 g/mol. The molecule has 98 valence electrons. The first-order chi connectivity index (χ1) is 8.58. The number of aliphatic carboxylic acids is 1. The maximum Gasteiger partial charge on any atom is 0.328 e. The number of hydrogen-bond acceptors (Lipinski definition) is 4. The largest absolute Gasteiger partial charge is 0.486 e. The zero-order valence-corrected chi connectivity index (χ0v) is 10.5. The van der Waals surface area contributed by atoms with E-state index in [0.29, 0.717) is 36.8 Å². The van der Waals surface area contributed by atoms with Gasteiger partial charge in [0.15, 0.2) is 11.5 Å². The van der Waals surface area contributed by atoms with Crippen LogP contribution in [0.3, 0.4) is 0 Å². The Bertz CT molecular complexity index is 460. The first kappa shape index (κ1) is 12.7. The Labute approximate surface area is 106 Å². The minimum atomic E-state index is -1.12. The number of ether oxygens (including phenoxy) is 2. The van der Waals surface area contributed by atoms with Crippen LogP contribution >= 0.6 is 0 Å². The molecule has 1 aromatic carbocycles. The second-order valence-electron chi connectivity index (χ2n) is 4.32. The van der Waals surface area contributed by atoms with Crippen molar-refractivity contribution < 1.29 is 19.4 Å². The molecule has 1 unspecified atom stereocenters. The van der Waals surface area contributed by atoms with Gasteiger partial charge < -0.3 is 14.6 Å². The summed E-state index contributed by atoms with van der Waals surface area (Å²) >= 11 is 0. The molecule has 1 aromatic rings. The zero-order chi connectivity index (χ0) is 13.2. The number of fused-ring (bicyclic) bond motifs is 1. The summed E-state index contributed by atoms with van der Waals surface area (Å²) < 4.78 is 10.9. The fourth-order valence-corrected chi connectivity index (χ4v) is 2.01. The maximum absolute atomic E-state index is 11.4. The smallest absolute Gasteiger partial charge is 0.328 e. The maximum atomic E-state index is 11.4. The van der Waals surface area contributed by atoms with Crippen molar-refractivity contribution in [3.8, 4) is 11.5 Å². The third-order valence-electron chi connectivity index (χ3n) is 3.08. The van der Waals surface area contributed by atoms with E-state index in [2.05, 4.69) is 5.32 Å². The van der Waals surface area contributed by atoms with Crippen molar-refractivity contribution >= 4 is 5.97 Å². The van der Waals surface area contributed by atoms with Gasteiger partial charge in [0.25, 0.3) is 0 Å². The van der Waals surface area contributed by atoms with E-state index in [1.807, 2.05) is 6.92 Å². The Morgan fingerprint density at radius 1 is 1.39 bits per heavy atom. The molecule has 2 N–H and O–H groups in total. The van der Waals surface area contributed by atoms with E-state index in [1.54, 1.807) is 25.1 Å². The molecule has 1 aliphatic heterocycles. The highest BCUT2D eigenvalue weighted by Crippen LogP contribution is 2.34. The molecule has 0 spiro atoms. The van der Waals surface area contributed by atoms with E-state index in [-0.39, 0.29) is 0 Å². The number of rotatable bonds is 4. The highest BCUT2D eigenvalue weighted by molar-refractivity contribution is 5.80. The van der Waals surface area contributed by atoms with Gasteiger partial charge in [-0.15, -0.1) is 0 Å². The van der Waals surface area contributed by atoms with Gasteiger partial charge in [0.1, 0.15) is 18.8 Å². The van der Waals surface area contributed by atoms with Crippen molar-refractivity contribution in [3.63, 3.8) is 0 Å².